The number of primary amides is 1. The maximum Gasteiger partial charge on any atom is 0.453 e. The fourth-order valence-corrected chi connectivity index (χ4v) is 3.11. The molecule has 4 nitrogen and oxygen atoms in total. The third kappa shape index (κ3) is 5.46. The molecule has 0 aliphatic rings. The van der Waals surface area contributed by atoms with E-state index in [0.29, 0.717) is 6.92 Å². The van der Waals surface area contributed by atoms with Crippen molar-refractivity contribution in [1.82, 2.24) is 0 Å². The Morgan fingerprint density at radius 1 is 0.913 bits per heavy atom. The van der Waals surface area contributed by atoms with E-state index in [1.54, 1.807) is 0 Å². The van der Waals surface area contributed by atoms with Crippen molar-refractivity contribution < 1.29 is 48.3 Å². The lowest BCUT2D eigenvalue weighted by atomic mass is 10.0. The standard InChI is InChI=1S/C10H13F8NO3S/c1-7(6(19)20,2-3-8(11,12)10(16,17)18)23(21,22)5-4-9(13,14)15/h2-5H2,1H3,(H2,19,20). The van der Waals surface area contributed by atoms with Gasteiger partial charge >= 0.3 is 18.3 Å². The van der Waals surface area contributed by atoms with Crippen molar-refractivity contribution in [2.75, 3.05) is 5.75 Å². The quantitative estimate of drug-likeness (QED) is 0.691. The van der Waals surface area contributed by atoms with Crippen LogP contribution in [0.4, 0.5) is 35.1 Å². The largest absolute Gasteiger partial charge is 0.453 e. The minimum Gasteiger partial charge on any atom is -0.368 e. The van der Waals surface area contributed by atoms with Gasteiger partial charge in [-0.25, -0.2) is 8.42 Å². The average molecular weight is 379 g/mol. The van der Waals surface area contributed by atoms with Gasteiger partial charge in [0.25, 0.3) is 0 Å². The summed E-state index contributed by atoms with van der Waals surface area (Å²) in [5.41, 5.74) is 4.71. The lowest BCUT2D eigenvalue weighted by molar-refractivity contribution is -0.284. The van der Waals surface area contributed by atoms with Crippen LogP contribution in [0.25, 0.3) is 0 Å². The lowest BCUT2D eigenvalue weighted by Crippen LogP contribution is -2.51. The predicted octanol–water partition coefficient (Wildman–Crippen LogP) is 2.58. The van der Waals surface area contributed by atoms with Crippen LogP contribution in [0.15, 0.2) is 0 Å². The van der Waals surface area contributed by atoms with Crippen molar-refractivity contribution in [2.24, 2.45) is 5.73 Å². The van der Waals surface area contributed by atoms with Gasteiger partial charge in [0.05, 0.1) is 12.2 Å². The van der Waals surface area contributed by atoms with E-state index in [4.69, 9.17) is 5.73 Å². The fourth-order valence-electron chi connectivity index (χ4n) is 1.44. The zero-order valence-electron chi connectivity index (χ0n) is 11.6. The third-order valence-corrected chi connectivity index (χ3v) is 5.71. The molecule has 138 valence electrons. The van der Waals surface area contributed by atoms with E-state index in [1.807, 2.05) is 0 Å². The molecule has 0 aromatic rings. The number of alkyl halides is 8. The summed E-state index contributed by atoms with van der Waals surface area (Å²) in [5.74, 6) is -8.78. The molecule has 23 heavy (non-hydrogen) atoms. The molecule has 0 heterocycles. The molecule has 0 radical (unpaired) electrons. The van der Waals surface area contributed by atoms with Crippen LogP contribution in [0.2, 0.25) is 0 Å². The minimum absolute atomic E-state index is 0.424. The Kier molecular flexibility index (Phi) is 6.08. The second-order valence-electron chi connectivity index (χ2n) is 4.98. The van der Waals surface area contributed by atoms with Gasteiger partial charge in [-0.3, -0.25) is 4.79 Å². The van der Waals surface area contributed by atoms with E-state index in [-0.39, 0.29) is 0 Å². The van der Waals surface area contributed by atoms with Gasteiger partial charge in [-0.2, -0.15) is 35.1 Å². The third-order valence-electron chi connectivity index (χ3n) is 3.19. The molecular formula is C10H13F8NO3S. The first-order chi connectivity index (χ1) is 9.86. The summed E-state index contributed by atoms with van der Waals surface area (Å²) in [6.07, 6.45) is -16.5. The molecule has 0 rings (SSSR count). The number of carbonyl (C=O) groups excluding carboxylic acids is 1. The van der Waals surface area contributed by atoms with Gasteiger partial charge in [0, 0.05) is 6.42 Å². The highest BCUT2D eigenvalue weighted by atomic mass is 32.2. The molecule has 0 bridgehead atoms. The van der Waals surface area contributed by atoms with Crippen molar-refractivity contribution in [1.29, 1.82) is 0 Å². The van der Waals surface area contributed by atoms with Crippen LogP contribution in [0, 0.1) is 0 Å². The number of halogens is 8. The SMILES string of the molecule is CC(CCC(F)(F)C(F)(F)F)(C(N)=O)S(=O)(=O)CCC(F)(F)F. The first-order valence-electron chi connectivity index (χ1n) is 5.89. The van der Waals surface area contributed by atoms with Crippen LogP contribution in [0.1, 0.15) is 26.2 Å². The number of hydrogen-bond donors (Lipinski definition) is 1. The van der Waals surface area contributed by atoms with Gasteiger partial charge in [-0.1, -0.05) is 0 Å². The van der Waals surface area contributed by atoms with E-state index >= 15 is 0 Å². The molecule has 1 amide bonds. The molecule has 1 unspecified atom stereocenters. The van der Waals surface area contributed by atoms with Gasteiger partial charge in [-0.05, 0) is 13.3 Å². The predicted molar refractivity (Wildman–Crippen MR) is 62.3 cm³/mol. The zero-order chi connectivity index (χ0) is 18.9. The molecule has 0 aromatic heterocycles. The first-order valence-corrected chi connectivity index (χ1v) is 7.54. The molecule has 2 N–H and O–H groups in total. The van der Waals surface area contributed by atoms with Crippen LogP contribution in [-0.2, 0) is 14.6 Å². The highest BCUT2D eigenvalue weighted by molar-refractivity contribution is 7.93. The molecule has 0 saturated carbocycles. The number of amides is 1. The summed E-state index contributed by atoms with van der Waals surface area (Å²) in [4.78, 5) is 11.2. The summed E-state index contributed by atoms with van der Waals surface area (Å²) in [6.45, 7) is 0.424. The van der Waals surface area contributed by atoms with E-state index < -0.39 is 63.8 Å². The lowest BCUT2D eigenvalue weighted by Gasteiger charge is -2.28. The highest BCUT2D eigenvalue weighted by Crippen LogP contribution is 2.41. The van der Waals surface area contributed by atoms with Crippen LogP contribution in [0.3, 0.4) is 0 Å². The van der Waals surface area contributed by atoms with Crippen molar-refractivity contribution in [3.05, 3.63) is 0 Å². The molecule has 1 atom stereocenters. The summed E-state index contributed by atoms with van der Waals surface area (Å²) < 4.78 is 119. The van der Waals surface area contributed by atoms with E-state index in [2.05, 4.69) is 0 Å². The van der Waals surface area contributed by atoms with Gasteiger partial charge in [0.1, 0.15) is 4.75 Å². The maximum atomic E-state index is 12.8. The second kappa shape index (κ2) is 6.40. The van der Waals surface area contributed by atoms with Gasteiger partial charge < -0.3 is 5.73 Å². The molecule has 0 saturated heterocycles. The Labute approximate surface area is 125 Å². The minimum atomic E-state index is -6.00. The van der Waals surface area contributed by atoms with Crippen molar-refractivity contribution in [3.63, 3.8) is 0 Å². The maximum absolute atomic E-state index is 12.8. The number of nitrogens with two attached hydrogens (primary N) is 1. The number of rotatable bonds is 7. The normalized spacial score (nSPS) is 16.9. The zero-order valence-corrected chi connectivity index (χ0v) is 12.4. The summed E-state index contributed by atoms with van der Waals surface area (Å²) >= 11 is 0. The van der Waals surface area contributed by atoms with E-state index in [0.717, 1.165) is 0 Å². The molecule has 0 fully saturated rings. The van der Waals surface area contributed by atoms with Crippen LogP contribution >= 0.6 is 0 Å². The molecule has 0 aliphatic carbocycles. The molecule has 0 aromatic carbocycles. The van der Waals surface area contributed by atoms with Gasteiger partial charge in [0.15, 0.2) is 9.84 Å². The van der Waals surface area contributed by atoms with Crippen molar-refractivity contribution in [2.45, 2.75) is 49.2 Å². The Hall–Kier alpha value is -1.14. The topological polar surface area (TPSA) is 77.2 Å². The Bertz CT molecular complexity index is 539. The number of sulfone groups is 1. The Morgan fingerprint density at radius 2 is 1.35 bits per heavy atom. The van der Waals surface area contributed by atoms with E-state index in [1.165, 1.54) is 0 Å². The van der Waals surface area contributed by atoms with Crippen LogP contribution in [-0.4, -0.2) is 43.1 Å². The fraction of sp³-hybridized carbons (Fsp3) is 0.900. The average Bonchev–Trinajstić information content (AvgIpc) is 2.31. The number of carbonyl (C=O) groups is 1. The first kappa shape index (κ1) is 21.9. The van der Waals surface area contributed by atoms with Gasteiger partial charge in [0.2, 0.25) is 5.91 Å². The molecule has 0 aliphatic heterocycles. The van der Waals surface area contributed by atoms with E-state index in [9.17, 15) is 48.3 Å². The monoisotopic (exact) mass is 379 g/mol. The van der Waals surface area contributed by atoms with Crippen LogP contribution in [0.5, 0.6) is 0 Å². The van der Waals surface area contributed by atoms with Crippen molar-refractivity contribution in [3.8, 4) is 0 Å². The molecule has 0 spiro atoms. The van der Waals surface area contributed by atoms with Crippen molar-refractivity contribution >= 4 is 15.7 Å². The summed E-state index contributed by atoms with van der Waals surface area (Å²) in [5, 5.41) is 0. The summed E-state index contributed by atoms with van der Waals surface area (Å²) in [7, 11) is -5.02. The Morgan fingerprint density at radius 3 is 1.65 bits per heavy atom. The number of hydrogen-bond acceptors (Lipinski definition) is 3. The molecular weight excluding hydrogens is 366 g/mol. The highest BCUT2D eigenvalue weighted by Gasteiger charge is 2.59. The van der Waals surface area contributed by atoms with Crippen LogP contribution < -0.4 is 5.73 Å². The molecule has 13 heteroatoms. The second-order valence-corrected chi connectivity index (χ2v) is 7.52. The van der Waals surface area contributed by atoms with Gasteiger partial charge in [-0.15, -0.1) is 0 Å². The Balaban J connectivity index is 5.41. The summed E-state index contributed by atoms with van der Waals surface area (Å²) in [6, 6.07) is 0. The smallest absolute Gasteiger partial charge is 0.368 e.